The Morgan fingerprint density at radius 3 is 0.755 bits per heavy atom. The van der Waals surface area contributed by atoms with Gasteiger partial charge in [0.1, 0.15) is 19.3 Å². The molecule has 0 aromatic rings. The maximum absolute atomic E-state index is 13.0. The Bertz CT molecular complexity index is 1850. The first-order chi connectivity index (χ1) is 45.1. The molecule has 0 bridgehead atoms. The second-order valence-corrected chi connectivity index (χ2v) is 31.6. The van der Waals surface area contributed by atoms with E-state index in [1.807, 2.05) is 0 Å². The Hall–Kier alpha value is -1.94. The van der Waals surface area contributed by atoms with Gasteiger partial charge >= 0.3 is 39.5 Å². The number of unbranched alkanes of at least 4 members (excludes halogenated alkanes) is 37. The van der Waals surface area contributed by atoms with Crippen molar-refractivity contribution in [1.82, 2.24) is 0 Å². The molecule has 0 aromatic carbocycles. The first kappa shape index (κ1) is 92.1. The van der Waals surface area contributed by atoms with Crippen LogP contribution in [0.5, 0.6) is 0 Å². The Balaban J connectivity index is 5.14. The zero-order valence-electron chi connectivity index (χ0n) is 61.6. The Kier molecular flexibility index (Phi) is 63.1. The molecule has 3 unspecified atom stereocenters. The number of aliphatic hydroxyl groups excluding tert-OH is 1. The Morgan fingerprint density at radius 1 is 0.298 bits per heavy atom. The molecule has 0 spiro atoms. The highest BCUT2D eigenvalue weighted by atomic mass is 31.2. The highest BCUT2D eigenvalue weighted by Crippen LogP contribution is 2.45. The number of carbonyl (C=O) groups excluding carboxylic acids is 4. The summed E-state index contributed by atoms with van der Waals surface area (Å²) < 4.78 is 68.4. The lowest BCUT2D eigenvalue weighted by atomic mass is 9.99. The van der Waals surface area contributed by atoms with Crippen LogP contribution in [0.2, 0.25) is 0 Å². The standard InChI is InChI=1S/C75H146O17P2/c1-9-68(8)54-46-38-29-23-20-21-25-31-41-49-57-74(79)91-71(62-86-73(78)56-48-40-34-33-37-45-53-67(6)7)64-90-94(83,84)88-60-69(76)59-87-93(81,82)89-63-70(92-75(80)58-50-42-32-26-28-36-44-52-66(4)5)61-85-72(77)55-47-39-30-24-19-17-15-13-11-10-12-14-16-18-22-27-35-43-51-65(2)3/h65-71,76H,9-64H2,1-8H3,(H,81,82)(H,83,84)/t68?,69-,70-,71-/m1/s1. The van der Waals surface area contributed by atoms with Crippen molar-refractivity contribution in [1.29, 1.82) is 0 Å². The summed E-state index contributed by atoms with van der Waals surface area (Å²) in [4.78, 5) is 72.6. The van der Waals surface area contributed by atoms with Crippen LogP contribution in [0.25, 0.3) is 0 Å². The number of rotatable bonds is 72. The molecule has 0 rings (SSSR count). The van der Waals surface area contributed by atoms with Gasteiger partial charge in [0.2, 0.25) is 0 Å². The third-order valence-corrected chi connectivity index (χ3v) is 19.6. The van der Waals surface area contributed by atoms with Gasteiger partial charge in [-0.05, 0) is 49.4 Å². The smallest absolute Gasteiger partial charge is 0.462 e. The molecule has 0 fully saturated rings. The molecule has 558 valence electrons. The highest BCUT2D eigenvalue weighted by Gasteiger charge is 2.30. The van der Waals surface area contributed by atoms with Gasteiger partial charge in [0.15, 0.2) is 12.2 Å². The van der Waals surface area contributed by atoms with Crippen LogP contribution in [-0.2, 0) is 65.4 Å². The zero-order chi connectivity index (χ0) is 69.6. The lowest BCUT2D eigenvalue weighted by Gasteiger charge is -2.21. The molecule has 0 heterocycles. The first-order valence-electron chi connectivity index (χ1n) is 38.7. The molecule has 0 aromatic heterocycles. The van der Waals surface area contributed by atoms with Crippen molar-refractivity contribution in [3.05, 3.63) is 0 Å². The van der Waals surface area contributed by atoms with E-state index in [4.69, 9.17) is 37.0 Å². The number of carbonyl (C=O) groups is 4. The largest absolute Gasteiger partial charge is 0.472 e. The summed E-state index contributed by atoms with van der Waals surface area (Å²) in [5.41, 5.74) is 0. The molecular formula is C75H146O17P2. The van der Waals surface area contributed by atoms with Crippen molar-refractivity contribution in [3.8, 4) is 0 Å². The molecule has 6 atom stereocenters. The normalized spacial score (nSPS) is 14.4. The van der Waals surface area contributed by atoms with Gasteiger partial charge < -0.3 is 33.8 Å². The van der Waals surface area contributed by atoms with Gasteiger partial charge in [0.25, 0.3) is 0 Å². The van der Waals surface area contributed by atoms with E-state index in [1.54, 1.807) is 0 Å². The summed E-state index contributed by atoms with van der Waals surface area (Å²) in [7, 11) is -9.91. The van der Waals surface area contributed by atoms with Crippen molar-refractivity contribution < 1.29 is 80.2 Å². The summed E-state index contributed by atoms with van der Waals surface area (Å²) in [6, 6.07) is 0. The summed E-state index contributed by atoms with van der Waals surface area (Å²) in [6.45, 7) is 14.1. The van der Waals surface area contributed by atoms with E-state index in [-0.39, 0.29) is 25.7 Å². The van der Waals surface area contributed by atoms with Crippen LogP contribution >= 0.6 is 15.6 Å². The third kappa shape index (κ3) is 67.3. The van der Waals surface area contributed by atoms with Crippen LogP contribution in [-0.4, -0.2) is 96.7 Å². The third-order valence-electron chi connectivity index (χ3n) is 17.7. The summed E-state index contributed by atoms with van der Waals surface area (Å²) in [6.07, 6.45) is 48.9. The van der Waals surface area contributed by atoms with Crippen LogP contribution in [0.15, 0.2) is 0 Å². The van der Waals surface area contributed by atoms with Gasteiger partial charge in [-0.25, -0.2) is 9.13 Å². The molecular weight excluding hydrogens is 1230 g/mol. The van der Waals surface area contributed by atoms with E-state index in [9.17, 15) is 43.2 Å². The fourth-order valence-corrected chi connectivity index (χ4v) is 12.9. The minimum absolute atomic E-state index is 0.103. The van der Waals surface area contributed by atoms with E-state index in [0.29, 0.717) is 37.5 Å². The van der Waals surface area contributed by atoms with Crippen LogP contribution in [0.4, 0.5) is 0 Å². The van der Waals surface area contributed by atoms with Crippen molar-refractivity contribution in [2.24, 2.45) is 23.7 Å². The molecule has 0 aliphatic carbocycles. The number of ether oxygens (including phenoxy) is 4. The molecule has 17 nitrogen and oxygen atoms in total. The SMILES string of the molecule is CCC(C)CCCCCCCCCCCCC(=O)O[C@H](COC(=O)CCCCCCCCC(C)C)COP(=O)(O)OC[C@H](O)COP(=O)(O)OC[C@@H](COC(=O)CCCCCCCCCCCCCCCCCCCCC(C)C)OC(=O)CCCCCCCCCC(C)C. The second-order valence-electron chi connectivity index (χ2n) is 28.7. The predicted octanol–water partition coefficient (Wildman–Crippen LogP) is 21.7. The van der Waals surface area contributed by atoms with Gasteiger partial charge in [-0.3, -0.25) is 37.3 Å². The van der Waals surface area contributed by atoms with Crippen molar-refractivity contribution in [3.63, 3.8) is 0 Å². The van der Waals surface area contributed by atoms with E-state index >= 15 is 0 Å². The predicted molar refractivity (Wildman–Crippen MR) is 381 cm³/mol. The maximum Gasteiger partial charge on any atom is 0.472 e. The number of aliphatic hydroxyl groups is 1. The molecule has 0 amide bonds. The van der Waals surface area contributed by atoms with Crippen molar-refractivity contribution in [2.75, 3.05) is 39.6 Å². The van der Waals surface area contributed by atoms with Crippen LogP contribution in [0.1, 0.15) is 376 Å². The van der Waals surface area contributed by atoms with E-state index in [1.165, 1.54) is 173 Å². The fourth-order valence-electron chi connectivity index (χ4n) is 11.3. The number of esters is 4. The van der Waals surface area contributed by atoms with E-state index in [0.717, 1.165) is 108 Å². The topological polar surface area (TPSA) is 237 Å². The van der Waals surface area contributed by atoms with Crippen molar-refractivity contribution in [2.45, 2.75) is 395 Å². The van der Waals surface area contributed by atoms with Gasteiger partial charge in [-0.15, -0.1) is 0 Å². The molecule has 94 heavy (non-hydrogen) atoms. The fraction of sp³-hybridized carbons (Fsp3) is 0.947. The Morgan fingerprint density at radius 2 is 0.511 bits per heavy atom. The number of phosphoric acid groups is 2. The average Bonchev–Trinajstić information content (AvgIpc) is 2.18. The number of phosphoric ester groups is 2. The first-order valence-corrected chi connectivity index (χ1v) is 41.7. The van der Waals surface area contributed by atoms with Gasteiger partial charge in [0.05, 0.1) is 26.4 Å². The number of hydrogen-bond acceptors (Lipinski definition) is 15. The van der Waals surface area contributed by atoms with Crippen LogP contribution in [0.3, 0.4) is 0 Å². The number of hydrogen-bond donors (Lipinski definition) is 3. The lowest BCUT2D eigenvalue weighted by molar-refractivity contribution is -0.161. The van der Waals surface area contributed by atoms with Gasteiger partial charge in [0, 0.05) is 25.7 Å². The Labute approximate surface area is 575 Å². The lowest BCUT2D eigenvalue weighted by Crippen LogP contribution is -2.30. The summed E-state index contributed by atoms with van der Waals surface area (Å²) in [5.74, 6) is 0.873. The molecule has 19 heteroatoms. The average molecular weight is 1380 g/mol. The van der Waals surface area contributed by atoms with E-state index < -0.39 is 97.5 Å². The highest BCUT2D eigenvalue weighted by molar-refractivity contribution is 7.47. The second kappa shape index (κ2) is 64.4. The molecule has 0 aliphatic rings. The summed E-state index contributed by atoms with van der Waals surface area (Å²) >= 11 is 0. The summed E-state index contributed by atoms with van der Waals surface area (Å²) in [5, 5.41) is 10.6. The minimum atomic E-state index is -4.95. The van der Waals surface area contributed by atoms with Gasteiger partial charge in [-0.2, -0.15) is 0 Å². The molecule has 0 saturated heterocycles. The molecule has 0 saturated carbocycles. The molecule has 3 N–H and O–H groups in total. The van der Waals surface area contributed by atoms with Crippen LogP contribution in [0, 0.1) is 23.7 Å². The zero-order valence-corrected chi connectivity index (χ0v) is 63.4. The monoisotopic (exact) mass is 1380 g/mol. The quantitative estimate of drug-likeness (QED) is 0.0222. The van der Waals surface area contributed by atoms with Crippen molar-refractivity contribution >= 4 is 39.5 Å². The molecule has 0 radical (unpaired) electrons. The van der Waals surface area contributed by atoms with Crippen LogP contribution < -0.4 is 0 Å². The minimum Gasteiger partial charge on any atom is -0.462 e. The van der Waals surface area contributed by atoms with E-state index in [2.05, 4.69) is 55.4 Å². The van der Waals surface area contributed by atoms with Gasteiger partial charge in [-0.1, -0.05) is 325 Å². The molecule has 0 aliphatic heterocycles. The maximum atomic E-state index is 13.0.